The molecule has 0 atom stereocenters. The number of carbonyl (C=O) groups is 1. The summed E-state index contributed by atoms with van der Waals surface area (Å²) in [6, 6.07) is 14.3. The molecule has 2 N–H and O–H groups in total. The monoisotopic (exact) mass is 270 g/mol. The minimum Gasteiger partial charge on any atom is -0.330 e. The van der Waals surface area contributed by atoms with Crippen LogP contribution in [0.15, 0.2) is 42.5 Å². The highest BCUT2D eigenvalue weighted by Crippen LogP contribution is 2.27. The number of amides is 1. The standard InChI is InChI=1S/C17H22N2O/c1-2-19(17(20)12-5-6-13-18)16-11-7-9-14-8-3-4-10-15(14)16/h3-4,7-11H,2,5-6,12-13,18H2,1H3. The topological polar surface area (TPSA) is 46.3 Å². The van der Waals surface area contributed by atoms with E-state index >= 15 is 0 Å². The van der Waals surface area contributed by atoms with Gasteiger partial charge in [0.1, 0.15) is 0 Å². The molecule has 0 aliphatic carbocycles. The zero-order valence-electron chi connectivity index (χ0n) is 12.0. The van der Waals surface area contributed by atoms with Crippen molar-refractivity contribution in [2.45, 2.75) is 26.2 Å². The van der Waals surface area contributed by atoms with Crippen LogP contribution in [0.2, 0.25) is 0 Å². The van der Waals surface area contributed by atoms with Crippen LogP contribution in [0.1, 0.15) is 26.2 Å². The first-order chi connectivity index (χ1) is 9.77. The fourth-order valence-electron chi connectivity index (χ4n) is 2.48. The highest BCUT2D eigenvalue weighted by molar-refractivity contribution is 6.03. The first-order valence-electron chi connectivity index (χ1n) is 7.26. The average Bonchev–Trinajstić information content (AvgIpc) is 2.48. The second kappa shape index (κ2) is 7.06. The Hall–Kier alpha value is -1.87. The maximum Gasteiger partial charge on any atom is 0.226 e. The number of carbonyl (C=O) groups excluding carboxylic acids is 1. The normalized spacial score (nSPS) is 10.7. The van der Waals surface area contributed by atoms with Crippen LogP contribution in [0.25, 0.3) is 10.8 Å². The van der Waals surface area contributed by atoms with E-state index in [1.165, 1.54) is 5.39 Å². The Morgan fingerprint density at radius 1 is 1.10 bits per heavy atom. The number of nitrogens with two attached hydrogens (primary N) is 1. The van der Waals surface area contributed by atoms with Gasteiger partial charge in [0.15, 0.2) is 0 Å². The minimum absolute atomic E-state index is 0.178. The SMILES string of the molecule is CCN(C(=O)CCCCN)c1cccc2ccccc12. The van der Waals surface area contributed by atoms with Gasteiger partial charge in [0.2, 0.25) is 5.91 Å². The first kappa shape index (κ1) is 14.5. The lowest BCUT2D eigenvalue weighted by Gasteiger charge is -2.23. The first-order valence-corrected chi connectivity index (χ1v) is 7.26. The molecule has 20 heavy (non-hydrogen) atoms. The van der Waals surface area contributed by atoms with Crippen molar-refractivity contribution in [3.63, 3.8) is 0 Å². The Bertz CT molecular complexity index is 575. The van der Waals surface area contributed by atoms with Crippen molar-refractivity contribution in [1.29, 1.82) is 0 Å². The Balaban J connectivity index is 2.27. The van der Waals surface area contributed by atoms with Crippen molar-refractivity contribution >= 4 is 22.4 Å². The number of benzene rings is 2. The van der Waals surface area contributed by atoms with Crippen LogP contribution in [0.5, 0.6) is 0 Å². The van der Waals surface area contributed by atoms with Gasteiger partial charge in [-0.05, 0) is 37.8 Å². The van der Waals surface area contributed by atoms with E-state index in [1.807, 2.05) is 36.1 Å². The molecule has 3 nitrogen and oxygen atoms in total. The van der Waals surface area contributed by atoms with Crippen molar-refractivity contribution in [3.8, 4) is 0 Å². The van der Waals surface area contributed by atoms with Gasteiger partial charge < -0.3 is 10.6 Å². The summed E-state index contributed by atoms with van der Waals surface area (Å²) in [5.74, 6) is 0.178. The predicted molar refractivity (Wildman–Crippen MR) is 84.9 cm³/mol. The lowest BCUT2D eigenvalue weighted by Crippen LogP contribution is -2.30. The molecule has 0 spiro atoms. The van der Waals surface area contributed by atoms with Crippen molar-refractivity contribution < 1.29 is 4.79 Å². The van der Waals surface area contributed by atoms with Crippen LogP contribution >= 0.6 is 0 Å². The lowest BCUT2D eigenvalue weighted by molar-refractivity contribution is -0.118. The third-order valence-corrected chi connectivity index (χ3v) is 3.52. The molecule has 0 unspecified atom stereocenters. The summed E-state index contributed by atoms with van der Waals surface area (Å²) >= 11 is 0. The van der Waals surface area contributed by atoms with E-state index in [2.05, 4.69) is 18.2 Å². The van der Waals surface area contributed by atoms with Crippen LogP contribution < -0.4 is 10.6 Å². The molecule has 106 valence electrons. The van der Waals surface area contributed by atoms with Crippen LogP contribution in [0, 0.1) is 0 Å². The highest BCUT2D eigenvalue weighted by Gasteiger charge is 2.15. The van der Waals surface area contributed by atoms with Gasteiger partial charge in [-0.3, -0.25) is 4.79 Å². The average molecular weight is 270 g/mol. The van der Waals surface area contributed by atoms with Crippen molar-refractivity contribution in [3.05, 3.63) is 42.5 Å². The number of hydrogen-bond donors (Lipinski definition) is 1. The largest absolute Gasteiger partial charge is 0.330 e. The minimum atomic E-state index is 0.178. The van der Waals surface area contributed by atoms with Crippen LogP contribution in [-0.4, -0.2) is 19.0 Å². The quantitative estimate of drug-likeness (QED) is 0.818. The maximum absolute atomic E-state index is 12.4. The summed E-state index contributed by atoms with van der Waals surface area (Å²) in [5.41, 5.74) is 6.49. The summed E-state index contributed by atoms with van der Waals surface area (Å²) in [5, 5.41) is 2.29. The van der Waals surface area contributed by atoms with Crippen molar-refractivity contribution in [1.82, 2.24) is 0 Å². The number of unbranched alkanes of at least 4 members (excludes halogenated alkanes) is 1. The molecule has 0 aliphatic rings. The number of nitrogens with zero attached hydrogens (tertiary/aromatic N) is 1. The van der Waals surface area contributed by atoms with Crippen LogP contribution in [0.3, 0.4) is 0 Å². The Labute approximate surface area is 120 Å². The zero-order valence-corrected chi connectivity index (χ0v) is 12.0. The molecule has 2 rings (SSSR count). The van der Waals surface area contributed by atoms with E-state index < -0.39 is 0 Å². The van der Waals surface area contributed by atoms with Gasteiger partial charge in [-0.1, -0.05) is 36.4 Å². The summed E-state index contributed by atoms with van der Waals surface area (Å²) in [6.07, 6.45) is 2.32. The number of hydrogen-bond acceptors (Lipinski definition) is 2. The fourth-order valence-corrected chi connectivity index (χ4v) is 2.48. The molecule has 3 heteroatoms. The van der Waals surface area contributed by atoms with Crippen LogP contribution in [0.4, 0.5) is 5.69 Å². The van der Waals surface area contributed by atoms with E-state index in [0.717, 1.165) is 23.9 Å². The second-order valence-corrected chi connectivity index (χ2v) is 4.88. The van der Waals surface area contributed by atoms with Gasteiger partial charge in [0.25, 0.3) is 0 Å². The number of fused-ring (bicyclic) bond motifs is 1. The van der Waals surface area contributed by atoms with Gasteiger partial charge in [0.05, 0.1) is 5.69 Å². The molecular weight excluding hydrogens is 248 g/mol. The van der Waals surface area contributed by atoms with E-state index in [-0.39, 0.29) is 5.91 Å². The van der Waals surface area contributed by atoms with E-state index in [1.54, 1.807) is 0 Å². The Morgan fingerprint density at radius 2 is 1.85 bits per heavy atom. The molecule has 0 saturated carbocycles. The molecule has 0 aromatic heterocycles. The lowest BCUT2D eigenvalue weighted by atomic mass is 10.1. The van der Waals surface area contributed by atoms with Crippen molar-refractivity contribution in [2.75, 3.05) is 18.0 Å². The maximum atomic E-state index is 12.4. The predicted octanol–water partition coefficient (Wildman–Crippen LogP) is 3.32. The summed E-state index contributed by atoms with van der Waals surface area (Å²) in [7, 11) is 0. The number of rotatable bonds is 6. The molecule has 2 aromatic carbocycles. The summed E-state index contributed by atoms with van der Waals surface area (Å²) < 4.78 is 0. The molecule has 0 radical (unpaired) electrons. The van der Waals surface area contributed by atoms with Crippen LogP contribution in [-0.2, 0) is 4.79 Å². The molecule has 2 aromatic rings. The second-order valence-electron chi connectivity index (χ2n) is 4.88. The zero-order chi connectivity index (χ0) is 14.4. The smallest absolute Gasteiger partial charge is 0.226 e. The molecule has 0 fully saturated rings. The summed E-state index contributed by atoms with van der Waals surface area (Å²) in [6.45, 7) is 3.35. The van der Waals surface area contributed by atoms with E-state index in [0.29, 0.717) is 19.5 Å². The van der Waals surface area contributed by atoms with Crippen molar-refractivity contribution in [2.24, 2.45) is 5.73 Å². The third kappa shape index (κ3) is 3.17. The Morgan fingerprint density at radius 3 is 2.60 bits per heavy atom. The summed E-state index contributed by atoms with van der Waals surface area (Å²) in [4.78, 5) is 14.3. The molecule has 0 bridgehead atoms. The molecule has 0 saturated heterocycles. The van der Waals surface area contributed by atoms with E-state index in [4.69, 9.17) is 5.73 Å². The van der Waals surface area contributed by atoms with Gasteiger partial charge in [-0.15, -0.1) is 0 Å². The number of anilines is 1. The fraction of sp³-hybridized carbons (Fsp3) is 0.353. The van der Waals surface area contributed by atoms with Gasteiger partial charge in [-0.2, -0.15) is 0 Å². The highest BCUT2D eigenvalue weighted by atomic mass is 16.2. The molecule has 0 aliphatic heterocycles. The molecule has 0 heterocycles. The Kier molecular flexibility index (Phi) is 5.13. The third-order valence-electron chi connectivity index (χ3n) is 3.52. The van der Waals surface area contributed by atoms with E-state index in [9.17, 15) is 4.79 Å². The van der Waals surface area contributed by atoms with Gasteiger partial charge in [0, 0.05) is 18.4 Å². The van der Waals surface area contributed by atoms with Gasteiger partial charge in [-0.25, -0.2) is 0 Å². The molecular formula is C17H22N2O. The molecule has 1 amide bonds. The van der Waals surface area contributed by atoms with Gasteiger partial charge >= 0.3 is 0 Å².